The number of hydrogen-bond donors (Lipinski definition) is 1. The van der Waals surface area contributed by atoms with Crippen molar-refractivity contribution in [3.05, 3.63) is 27.7 Å². The molecule has 1 aromatic carbocycles. The van der Waals surface area contributed by atoms with Crippen molar-refractivity contribution in [3.8, 4) is 0 Å². The van der Waals surface area contributed by atoms with Crippen LogP contribution in [0, 0.1) is 5.92 Å². The van der Waals surface area contributed by atoms with Crippen molar-refractivity contribution >= 4 is 50.1 Å². The number of hydrogen-bond acceptors (Lipinski definition) is 3. The van der Waals surface area contributed by atoms with E-state index in [0.29, 0.717) is 6.04 Å². The number of amidine groups is 1. The third-order valence-corrected chi connectivity index (χ3v) is 5.48. The van der Waals surface area contributed by atoms with Crippen LogP contribution in [0.2, 0.25) is 5.02 Å². The molecule has 2 aliphatic rings. The summed E-state index contributed by atoms with van der Waals surface area (Å²) < 4.78 is 0.979. The first-order chi connectivity index (χ1) is 8.72. The molecule has 0 radical (unpaired) electrons. The van der Waals surface area contributed by atoms with E-state index in [2.05, 4.69) is 21.2 Å². The SMILES string of the molecule is Clc1ccc(NC2=NC3CCCC3CS2)c(Br)c1. The molecule has 2 atom stereocenters. The maximum Gasteiger partial charge on any atom is 0.161 e. The Bertz CT molecular complexity index is 492. The summed E-state index contributed by atoms with van der Waals surface area (Å²) in [5.41, 5.74) is 1.03. The predicted molar refractivity (Wildman–Crippen MR) is 83.8 cm³/mol. The fraction of sp³-hybridized carbons (Fsp3) is 0.462. The van der Waals surface area contributed by atoms with Gasteiger partial charge < -0.3 is 5.32 Å². The highest BCUT2D eigenvalue weighted by Gasteiger charge is 2.31. The second-order valence-electron chi connectivity index (χ2n) is 4.75. The molecule has 96 valence electrons. The zero-order chi connectivity index (χ0) is 12.5. The van der Waals surface area contributed by atoms with E-state index in [9.17, 15) is 0 Å². The monoisotopic (exact) mass is 344 g/mol. The minimum atomic E-state index is 0.542. The predicted octanol–water partition coefficient (Wildman–Crippen LogP) is 4.79. The Morgan fingerprint density at radius 2 is 2.28 bits per heavy atom. The van der Waals surface area contributed by atoms with E-state index in [0.717, 1.165) is 26.3 Å². The fourth-order valence-electron chi connectivity index (χ4n) is 2.53. The molecule has 1 aliphatic heterocycles. The Morgan fingerprint density at radius 3 is 3.11 bits per heavy atom. The number of halogens is 2. The van der Waals surface area contributed by atoms with Gasteiger partial charge in [-0.1, -0.05) is 29.8 Å². The van der Waals surface area contributed by atoms with Crippen LogP contribution < -0.4 is 5.32 Å². The van der Waals surface area contributed by atoms with Crippen molar-refractivity contribution in [1.29, 1.82) is 0 Å². The van der Waals surface area contributed by atoms with Gasteiger partial charge in [0.15, 0.2) is 5.17 Å². The van der Waals surface area contributed by atoms with Gasteiger partial charge in [0.25, 0.3) is 0 Å². The van der Waals surface area contributed by atoms with Gasteiger partial charge in [0.05, 0.1) is 11.7 Å². The standard InChI is InChI=1S/C13H14BrClN2S/c14-10-6-9(15)4-5-12(10)17-13-16-11-3-1-2-8(11)7-18-13/h4-6,8,11H,1-3,7H2,(H,16,17). The highest BCUT2D eigenvalue weighted by molar-refractivity contribution is 9.10. The van der Waals surface area contributed by atoms with Crippen LogP contribution in [0.1, 0.15) is 19.3 Å². The summed E-state index contributed by atoms with van der Waals surface area (Å²) in [5, 5.41) is 5.18. The smallest absolute Gasteiger partial charge is 0.161 e. The summed E-state index contributed by atoms with van der Waals surface area (Å²) in [6.07, 6.45) is 3.93. The molecule has 3 rings (SSSR count). The first-order valence-corrected chi connectivity index (χ1v) is 8.31. The van der Waals surface area contributed by atoms with E-state index < -0.39 is 0 Å². The van der Waals surface area contributed by atoms with E-state index in [4.69, 9.17) is 16.6 Å². The van der Waals surface area contributed by atoms with Gasteiger partial charge in [-0.25, -0.2) is 0 Å². The molecule has 0 aromatic heterocycles. The number of aliphatic imine (C=N–C) groups is 1. The van der Waals surface area contributed by atoms with E-state index in [1.807, 2.05) is 30.0 Å². The molecule has 1 heterocycles. The van der Waals surface area contributed by atoms with Gasteiger partial charge in [0.1, 0.15) is 0 Å². The number of nitrogens with one attached hydrogen (secondary N) is 1. The van der Waals surface area contributed by atoms with Crippen LogP contribution in [-0.2, 0) is 0 Å². The molecular formula is C13H14BrClN2S. The molecule has 0 saturated heterocycles. The van der Waals surface area contributed by atoms with E-state index in [-0.39, 0.29) is 0 Å². The molecular weight excluding hydrogens is 332 g/mol. The second-order valence-corrected chi connectivity index (χ2v) is 7.05. The lowest BCUT2D eigenvalue weighted by Gasteiger charge is -2.23. The quantitative estimate of drug-likeness (QED) is 0.791. The van der Waals surface area contributed by atoms with Crippen LogP contribution in [0.4, 0.5) is 5.69 Å². The number of benzene rings is 1. The van der Waals surface area contributed by atoms with Crippen molar-refractivity contribution in [3.63, 3.8) is 0 Å². The number of rotatable bonds is 1. The first-order valence-electron chi connectivity index (χ1n) is 6.15. The molecule has 1 N–H and O–H groups in total. The van der Waals surface area contributed by atoms with Crippen LogP contribution in [0.5, 0.6) is 0 Å². The van der Waals surface area contributed by atoms with E-state index >= 15 is 0 Å². The summed E-state index contributed by atoms with van der Waals surface area (Å²) in [6.45, 7) is 0. The zero-order valence-corrected chi connectivity index (χ0v) is 13.0. The molecule has 1 aliphatic carbocycles. The Hall–Kier alpha value is -0.190. The number of fused-ring (bicyclic) bond motifs is 1. The van der Waals surface area contributed by atoms with Crippen LogP contribution in [0.25, 0.3) is 0 Å². The molecule has 1 aromatic rings. The molecule has 0 bridgehead atoms. The van der Waals surface area contributed by atoms with Crippen molar-refractivity contribution in [2.24, 2.45) is 10.9 Å². The van der Waals surface area contributed by atoms with Crippen LogP contribution in [0.15, 0.2) is 27.7 Å². The number of nitrogens with zero attached hydrogens (tertiary/aromatic N) is 1. The molecule has 0 spiro atoms. The zero-order valence-electron chi connectivity index (χ0n) is 9.83. The lowest BCUT2D eigenvalue weighted by molar-refractivity contribution is 0.535. The van der Waals surface area contributed by atoms with Gasteiger partial charge in [0.2, 0.25) is 0 Å². The highest BCUT2D eigenvalue weighted by Crippen LogP contribution is 2.36. The highest BCUT2D eigenvalue weighted by atomic mass is 79.9. The van der Waals surface area contributed by atoms with E-state index in [1.165, 1.54) is 25.0 Å². The lowest BCUT2D eigenvalue weighted by atomic mass is 10.1. The Kier molecular flexibility index (Phi) is 3.87. The van der Waals surface area contributed by atoms with Gasteiger partial charge in [-0.2, -0.15) is 0 Å². The van der Waals surface area contributed by atoms with Crippen molar-refractivity contribution in [1.82, 2.24) is 0 Å². The maximum absolute atomic E-state index is 5.94. The van der Waals surface area contributed by atoms with Gasteiger partial charge in [-0.3, -0.25) is 4.99 Å². The Morgan fingerprint density at radius 1 is 1.39 bits per heavy atom. The fourth-order valence-corrected chi connectivity index (χ4v) is 4.46. The Labute approximate surface area is 125 Å². The topological polar surface area (TPSA) is 24.4 Å². The average Bonchev–Trinajstić information content (AvgIpc) is 2.80. The molecule has 0 amide bonds. The molecule has 1 fully saturated rings. The summed E-state index contributed by atoms with van der Waals surface area (Å²) in [6, 6.07) is 6.31. The normalized spacial score (nSPS) is 26.7. The van der Waals surface area contributed by atoms with Gasteiger partial charge in [-0.15, -0.1) is 0 Å². The third-order valence-electron chi connectivity index (χ3n) is 3.51. The van der Waals surface area contributed by atoms with Gasteiger partial charge >= 0.3 is 0 Å². The van der Waals surface area contributed by atoms with Crippen molar-refractivity contribution in [2.75, 3.05) is 11.1 Å². The van der Waals surface area contributed by atoms with Gasteiger partial charge in [0, 0.05) is 15.2 Å². The maximum atomic E-state index is 5.94. The first kappa shape index (κ1) is 12.8. The van der Waals surface area contributed by atoms with Crippen molar-refractivity contribution < 1.29 is 0 Å². The van der Waals surface area contributed by atoms with Crippen molar-refractivity contribution in [2.45, 2.75) is 25.3 Å². The second kappa shape index (κ2) is 5.43. The summed E-state index contributed by atoms with van der Waals surface area (Å²) in [4.78, 5) is 4.82. The minimum Gasteiger partial charge on any atom is -0.334 e. The summed E-state index contributed by atoms with van der Waals surface area (Å²) >= 11 is 11.3. The summed E-state index contributed by atoms with van der Waals surface area (Å²) in [5.74, 6) is 2.00. The van der Waals surface area contributed by atoms with Crippen LogP contribution >= 0.6 is 39.3 Å². The number of thioether (sulfide) groups is 1. The number of anilines is 1. The largest absolute Gasteiger partial charge is 0.334 e. The third kappa shape index (κ3) is 2.70. The molecule has 18 heavy (non-hydrogen) atoms. The van der Waals surface area contributed by atoms with Crippen LogP contribution in [0.3, 0.4) is 0 Å². The van der Waals surface area contributed by atoms with Gasteiger partial charge in [-0.05, 0) is 52.9 Å². The lowest BCUT2D eigenvalue weighted by Crippen LogP contribution is -2.25. The molecule has 2 nitrogen and oxygen atoms in total. The molecule has 5 heteroatoms. The Balaban J connectivity index is 1.76. The minimum absolute atomic E-state index is 0.542. The van der Waals surface area contributed by atoms with E-state index in [1.54, 1.807) is 0 Å². The average molecular weight is 346 g/mol. The summed E-state index contributed by atoms with van der Waals surface area (Å²) in [7, 11) is 0. The van der Waals surface area contributed by atoms with Crippen LogP contribution in [-0.4, -0.2) is 17.0 Å². The molecule has 1 saturated carbocycles. The molecule has 2 unspecified atom stereocenters.